The van der Waals surface area contributed by atoms with Crippen molar-refractivity contribution in [2.75, 3.05) is 12.4 Å². The highest BCUT2D eigenvalue weighted by atomic mass is 32.2. The van der Waals surface area contributed by atoms with Crippen molar-refractivity contribution in [2.45, 2.75) is 24.1 Å². The maximum atomic E-state index is 12.5. The fourth-order valence-electron chi connectivity index (χ4n) is 2.39. The molecule has 1 amide bonds. The SMILES string of the molecule is COc1ccccc1NC(=O)C(C)Sc1nc2ccccc2nc1C. The van der Waals surface area contributed by atoms with Crippen LogP contribution in [0, 0.1) is 6.92 Å². The van der Waals surface area contributed by atoms with Crippen molar-refractivity contribution in [3.63, 3.8) is 0 Å². The minimum Gasteiger partial charge on any atom is -0.495 e. The van der Waals surface area contributed by atoms with Crippen molar-refractivity contribution >= 4 is 34.4 Å². The molecule has 0 aliphatic heterocycles. The Kier molecular flexibility index (Phi) is 5.19. The standard InChI is InChI=1S/C19H19N3O2S/c1-12-19(22-15-9-5-4-8-14(15)20-12)25-13(2)18(23)21-16-10-6-7-11-17(16)24-3/h4-11,13H,1-3H3,(H,21,23). The normalized spacial score (nSPS) is 12.0. The van der Waals surface area contributed by atoms with Crippen LogP contribution in [0.4, 0.5) is 5.69 Å². The maximum absolute atomic E-state index is 12.5. The molecule has 1 N–H and O–H groups in total. The van der Waals surface area contributed by atoms with E-state index in [0.717, 1.165) is 21.8 Å². The van der Waals surface area contributed by atoms with Gasteiger partial charge in [-0.3, -0.25) is 4.79 Å². The predicted octanol–water partition coefficient (Wildman–Crippen LogP) is 4.07. The maximum Gasteiger partial charge on any atom is 0.237 e. The molecular formula is C19H19N3O2S. The number of hydrogen-bond donors (Lipinski definition) is 1. The molecule has 3 aromatic rings. The second kappa shape index (κ2) is 7.53. The lowest BCUT2D eigenvalue weighted by Crippen LogP contribution is -2.23. The van der Waals surface area contributed by atoms with Crippen LogP contribution in [0.3, 0.4) is 0 Å². The molecule has 5 nitrogen and oxygen atoms in total. The summed E-state index contributed by atoms with van der Waals surface area (Å²) in [4.78, 5) is 21.7. The molecule has 2 aromatic carbocycles. The summed E-state index contributed by atoms with van der Waals surface area (Å²) in [6.45, 7) is 3.76. The van der Waals surface area contributed by atoms with Gasteiger partial charge in [-0.1, -0.05) is 36.0 Å². The summed E-state index contributed by atoms with van der Waals surface area (Å²) in [7, 11) is 1.58. The van der Waals surface area contributed by atoms with E-state index in [4.69, 9.17) is 4.74 Å². The number of hydrogen-bond acceptors (Lipinski definition) is 5. The Labute approximate surface area is 150 Å². The summed E-state index contributed by atoms with van der Waals surface area (Å²) < 4.78 is 5.27. The molecule has 0 aliphatic carbocycles. The van der Waals surface area contributed by atoms with E-state index in [1.165, 1.54) is 11.8 Å². The van der Waals surface area contributed by atoms with Gasteiger partial charge in [0.15, 0.2) is 0 Å². The smallest absolute Gasteiger partial charge is 0.237 e. The summed E-state index contributed by atoms with van der Waals surface area (Å²) in [5.74, 6) is 0.526. The topological polar surface area (TPSA) is 64.1 Å². The van der Waals surface area contributed by atoms with Crippen molar-refractivity contribution < 1.29 is 9.53 Å². The summed E-state index contributed by atoms with van der Waals surface area (Å²) in [5, 5.41) is 3.35. The molecule has 1 atom stereocenters. The number of carbonyl (C=O) groups excluding carboxylic acids is 1. The molecule has 0 radical (unpaired) electrons. The minimum absolute atomic E-state index is 0.108. The van der Waals surface area contributed by atoms with E-state index in [1.54, 1.807) is 7.11 Å². The Hall–Kier alpha value is -2.60. The number of thioether (sulfide) groups is 1. The number of aromatic nitrogens is 2. The first kappa shape index (κ1) is 17.2. The molecule has 0 spiro atoms. The Morgan fingerprint density at radius 2 is 1.72 bits per heavy atom. The van der Waals surface area contributed by atoms with Crippen LogP contribution in [0.25, 0.3) is 11.0 Å². The average molecular weight is 353 g/mol. The Bertz CT molecular complexity index is 914. The molecule has 0 saturated carbocycles. The van der Waals surface area contributed by atoms with Crippen LogP contribution < -0.4 is 10.1 Å². The van der Waals surface area contributed by atoms with E-state index in [2.05, 4.69) is 15.3 Å². The summed E-state index contributed by atoms with van der Waals surface area (Å²) in [6.07, 6.45) is 0. The van der Waals surface area contributed by atoms with Crippen LogP contribution >= 0.6 is 11.8 Å². The zero-order chi connectivity index (χ0) is 17.8. The number of rotatable bonds is 5. The van der Waals surface area contributed by atoms with Gasteiger partial charge < -0.3 is 10.1 Å². The minimum atomic E-state index is -0.320. The van der Waals surface area contributed by atoms with Crippen LogP contribution in [0.2, 0.25) is 0 Å². The molecule has 3 rings (SSSR count). The number of nitrogens with one attached hydrogen (secondary N) is 1. The summed E-state index contributed by atoms with van der Waals surface area (Å²) in [5.41, 5.74) is 3.16. The lowest BCUT2D eigenvalue weighted by atomic mass is 10.3. The third-order valence-corrected chi connectivity index (χ3v) is 4.90. The van der Waals surface area contributed by atoms with Crippen LogP contribution in [-0.2, 0) is 4.79 Å². The second-order valence-electron chi connectivity index (χ2n) is 5.55. The monoisotopic (exact) mass is 353 g/mol. The Balaban J connectivity index is 1.76. The molecule has 128 valence electrons. The largest absolute Gasteiger partial charge is 0.495 e. The first-order valence-electron chi connectivity index (χ1n) is 7.92. The van der Waals surface area contributed by atoms with E-state index in [0.29, 0.717) is 11.4 Å². The van der Waals surface area contributed by atoms with E-state index < -0.39 is 0 Å². The number of benzene rings is 2. The lowest BCUT2D eigenvalue weighted by Gasteiger charge is -2.14. The van der Waals surface area contributed by atoms with Gasteiger partial charge in [0.25, 0.3) is 0 Å². The molecule has 1 unspecified atom stereocenters. The highest BCUT2D eigenvalue weighted by molar-refractivity contribution is 8.00. The number of aryl methyl sites for hydroxylation is 1. The quantitative estimate of drug-likeness (QED) is 0.701. The first-order chi connectivity index (χ1) is 12.1. The average Bonchev–Trinajstić information content (AvgIpc) is 2.62. The Morgan fingerprint density at radius 3 is 2.44 bits per heavy atom. The number of anilines is 1. The van der Waals surface area contributed by atoms with E-state index in [9.17, 15) is 4.79 Å². The molecule has 0 bridgehead atoms. The molecule has 0 aliphatic rings. The van der Waals surface area contributed by atoms with Gasteiger partial charge in [0, 0.05) is 0 Å². The van der Waals surface area contributed by atoms with Gasteiger partial charge in [-0.05, 0) is 38.1 Å². The molecule has 1 aromatic heterocycles. The number of nitrogens with zero attached hydrogens (tertiary/aromatic N) is 2. The van der Waals surface area contributed by atoms with Gasteiger partial charge >= 0.3 is 0 Å². The van der Waals surface area contributed by atoms with Gasteiger partial charge in [-0.15, -0.1) is 0 Å². The van der Waals surface area contributed by atoms with Crippen LogP contribution in [0.5, 0.6) is 5.75 Å². The number of fused-ring (bicyclic) bond motifs is 1. The van der Waals surface area contributed by atoms with Gasteiger partial charge in [-0.2, -0.15) is 0 Å². The third-order valence-electron chi connectivity index (χ3n) is 3.72. The number of ether oxygens (including phenoxy) is 1. The molecule has 1 heterocycles. The number of carbonyl (C=O) groups is 1. The molecule has 6 heteroatoms. The zero-order valence-corrected chi connectivity index (χ0v) is 15.1. The molecule has 25 heavy (non-hydrogen) atoms. The zero-order valence-electron chi connectivity index (χ0n) is 14.3. The fourth-order valence-corrected chi connectivity index (χ4v) is 3.26. The Morgan fingerprint density at radius 1 is 1.08 bits per heavy atom. The highest BCUT2D eigenvalue weighted by Crippen LogP contribution is 2.28. The highest BCUT2D eigenvalue weighted by Gasteiger charge is 2.18. The van der Waals surface area contributed by atoms with E-state index in [1.807, 2.05) is 62.4 Å². The van der Waals surface area contributed by atoms with Crippen LogP contribution in [0.1, 0.15) is 12.6 Å². The van der Waals surface area contributed by atoms with Crippen molar-refractivity contribution in [1.29, 1.82) is 0 Å². The van der Waals surface area contributed by atoms with Gasteiger partial charge in [0.05, 0.1) is 34.8 Å². The lowest BCUT2D eigenvalue weighted by molar-refractivity contribution is -0.115. The molecular weight excluding hydrogens is 334 g/mol. The van der Waals surface area contributed by atoms with Gasteiger partial charge in [0.1, 0.15) is 10.8 Å². The molecule has 0 fully saturated rings. The summed E-state index contributed by atoms with van der Waals surface area (Å²) in [6, 6.07) is 15.1. The van der Waals surface area contributed by atoms with Crippen molar-refractivity contribution in [3.8, 4) is 5.75 Å². The number of amides is 1. The van der Waals surface area contributed by atoms with Crippen LogP contribution in [-0.4, -0.2) is 28.2 Å². The first-order valence-corrected chi connectivity index (χ1v) is 8.80. The number of para-hydroxylation sites is 4. The van der Waals surface area contributed by atoms with E-state index in [-0.39, 0.29) is 11.2 Å². The van der Waals surface area contributed by atoms with Gasteiger partial charge in [-0.25, -0.2) is 9.97 Å². The second-order valence-corrected chi connectivity index (χ2v) is 6.88. The third kappa shape index (κ3) is 3.91. The van der Waals surface area contributed by atoms with Crippen molar-refractivity contribution in [3.05, 3.63) is 54.2 Å². The van der Waals surface area contributed by atoms with Crippen LogP contribution in [0.15, 0.2) is 53.6 Å². The summed E-state index contributed by atoms with van der Waals surface area (Å²) >= 11 is 1.40. The van der Waals surface area contributed by atoms with Crippen molar-refractivity contribution in [1.82, 2.24) is 9.97 Å². The predicted molar refractivity (Wildman–Crippen MR) is 101 cm³/mol. The van der Waals surface area contributed by atoms with Crippen molar-refractivity contribution in [2.24, 2.45) is 0 Å². The fraction of sp³-hybridized carbons (Fsp3) is 0.211. The molecule has 0 saturated heterocycles. The van der Waals surface area contributed by atoms with E-state index >= 15 is 0 Å². The van der Waals surface area contributed by atoms with Gasteiger partial charge in [0.2, 0.25) is 5.91 Å². The number of methoxy groups -OCH3 is 1.